The number of nitrogens with two attached hydrogens (primary N) is 1. The highest BCUT2D eigenvalue weighted by Gasteiger charge is 2.27. The van der Waals surface area contributed by atoms with Gasteiger partial charge in [0.2, 0.25) is 0 Å². The maximum atomic E-state index is 5.92. The van der Waals surface area contributed by atoms with Crippen LogP contribution in [0.3, 0.4) is 0 Å². The first-order valence-electron chi connectivity index (χ1n) is 6.78. The van der Waals surface area contributed by atoms with E-state index < -0.39 is 0 Å². The molecule has 1 aliphatic rings. The molecule has 2 unspecified atom stereocenters. The van der Waals surface area contributed by atoms with Crippen LogP contribution < -0.4 is 5.73 Å². The summed E-state index contributed by atoms with van der Waals surface area (Å²) in [5, 5.41) is 0. The first kappa shape index (κ1) is 15.9. The summed E-state index contributed by atoms with van der Waals surface area (Å²) in [5.41, 5.74) is 5.92. The SMILES string of the molecule is COC(CC(CN)N1CCCC(N(C)C)C1)OC. The number of nitrogens with zero attached hydrogens (tertiary/aromatic N) is 2. The van der Waals surface area contributed by atoms with Gasteiger partial charge in [-0.05, 0) is 33.5 Å². The Morgan fingerprint density at radius 1 is 1.33 bits per heavy atom. The largest absolute Gasteiger partial charge is 0.356 e. The molecule has 18 heavy (non-hydrogen) atoms. The van der Waals surface area contributed by atoms with E-state index in [1.807, 2.05) is 0 Å². The van der Waals surface area contributed by atoms with E-state index in [4.69, 9.17) is 15.2 Å². The molecule has 0 bridgehead atoms. The Bertz CT molecular complexity index is 220. The minimum Gasteiger partial charge on any atom is -0.356 e. The molecule has 0 spiro atoms. The molecule has 1 heterocycles. The zero-order valence-electron chi connectivity index (χ0n) is 12.3. The number of likely N-dealkylation sites (N-methyl/N-ethyl adjacent to an activating group) is 1. The standard InChI is InChI=1S/C13H29N3O2/c1-15(2)11-6-5-7-16(10-11)12(9-14)8-13(17-3)18-4/h11-13H,5-10,14H2,1-4H3. The third kappa shape index (κ3) is 4.48. The van der Waals surface area contributed by atoms with Crippen molar-refractivity contribution in [3.8, 4) is 0 Å². The zero-order valence-corrected chi connectivity index (χ0v) is 12.3. The molecule has 0 radical (unpaired) electrons. The van der Waals surface area contributed by atoms with Crippen LogP contribution in [0.1, 0.15) is 19.3 Å². The van der Waals surface area contributed by atoms with Gasteiger partial charge in [-0.1, -0.05) is 0 Å². The second kappa shape index (κ2) is 8.07. The maximum Gasteiger partial charge on any atom is 0.158 e. The molecule has 0 aliphatic carbocycles. The maximum absolute atomic E-state index is 5.92. The topological polar surface area (TPSA) is 51.0 Å². The Morgan fingerprint density at radius 3 is 2.50 bits per heavy atom. The molecule has 5 nitrogen and oxygen atoms in total. The lowest BCUT2D eigenvalue weighted by Gasteiger charge is -2.40. The normalized spacial score (nSPS) is 23.8. The van der Waals surface area contributed by atoms with Gasteiger partial charge in [-0.2, -0.15) is 0 Å². The van der Waals surface area contributed by atoms with Crippen molar-refractivity contribution in [1.29, 1.82) is 0 Å². The average molecular weight is 259 g/mol. The van der Waals surface area contributed by atoms with E-state index in [9.17, 15) is 0 Å². The second-order valence-corrected chi connectivity index (χ2v) is 5.28. The van der Waals surface area contributed by atoms with Crippen molar-refractivity contribution in [2.45, 2.75) is 37.6 Å². The predicted molar refractivity (Wildman–Crippen MR) is 73.5 cm³/mol. The monoisotopic (exact) mass is 259 g/mol. The van der Waals surface area contributed by atoms with Gasteiger partial charge in [0, 0.05) is 45.8 Å². The van der Waals surface area contributed by atoms with Crippen LogP contribution in [0.5, 0.6) is 0 Å². The summed E-state index contributed by atoms with van der Waals surface area (Å²) in [6, 6.07) is 0.981. The number of hydrogen-bond acceptors (Lipinski definition) is 5. The minimum absolute atomic E-state index is 0.154. The van der Waals surface area contributed by atoms with Crippen LogP contribution in [-0.4, -0.2) is 76.1 Å². The van der Waals surface area contributed by atoms with Crippen molar-refractivity contribution in [3.63, 3.8) is 0 Å². The van der Waals surface area contributed by atoms with Crippen LogP contribution in [0.15, 0.2) is 0 Å². The summed E-state index contributed by atoms with van der Waals surface area (Å²) in [6.07, 6.45) is 3.20. The molecule has 0 saturated carbocycles. The number of likely N-dealkylation sites (tertiary alicyclic amines) is 1. The van der Waals surface area contributed by atoms with Gasteiger partial charge in [0.25, 0.3) is 0 Å². The molecule has 1 saturated heterocycles. The van der Waals surface area contributed by atoms with Crippen molar-refractivity contribution in [3.05, 3.63) is 0 Å². The Balaban J connectivity index is 2.53. The molecule has 1 aliphatic heterocycles. The minimum atomic E-state index is -0.154. The molecule has 1 rings (SSSR count). The smallest absolute Gasteiger partial charge is 0.158 e. The van der Waals surface area contributed by atoms with Gasteiger partial charge in [-0.3, -0.25) is 4.90 Å². The van der Waals surface area contributed by atoms with E-state index in [-0.39, 0.29) is 6.29 Å². The lowest BCUT2D eigenvalue weighted by atomic mass is 10.0. The zero-order chi connectivity index (χ0) is 13.5. The highest BCUT2D eigenvalue weighted by Crippen LogP contribution is 2.18. The van der Waals surface area contributed by atoms with Gasteiger partial charge < -0.3 is 20.1 Å². The van der Waals surface area contributed by atoms with Crippen molar-refractivity contribution in [2.75, 3.05) is 47.9 Å². The Kier molecular flexibility index (Phi) is 7.11. The molecular weight excluding hydrogens is 230 g/mol. The molecule has 2 atom stereocenters. The molecule has 0 amide bonds. The molecule has 1 fully saturated rings. The second-order valence-electron chi connectivity index (χ2n) is 5.28. The van der Waals surface area contributed by atoms with Crippen molar-refractivity contribution in [2.24, 2.45) is 5.73 Å². The van der Waals surface area contributed by atoms with Gasteiger partial charge in [0.1, 0.15) is 0 Å². The fraction of sp³-hybridized carbons (Fsp3) is 1.00. The van der Waals surface area contributed by atoms with E-state index in [1.54, 1.807) is 14.2 Å². The van der Waals surface area contributed by atoms with E-state index in [1.165, 1.54) is 12.8 Å². The Hall–Kier alpha value is -0.200. The van der Waals surface area contributed by atoms with Crippen molar-refractivity contribution >= 4 is 0 Å². The highest BCUT2D eigenvalue weighted by molar-refractivity contribution is 4.83. The van der Waals surface area contributed by atoms with Crippen LogP contribution in [-0.2, 0) is 9.47 Å². The fourth-order valence-electron chi connectivity index (χ4n) is 2.64. The van der Waals surface area contributed by atoms with E-state index >= 15 is 0 Å². The van der Waals surface area contributed by atoms with E-state index in [0.717, 1.165) is 19.5 Å². The third-order valence-corrected chi connectivity index (χ3v) is 3.94. The van der Waals surface area contributed by atoms with Crippen LogP contribution in [0.2, 0.25) is 0 Å². The molecule has 2 N–H and O–H groups in total. The summed E-state index contributed by atoms with van der Waals surface area (Å²) in [6.45, 7) is 2.88. The number of ether oxygens (including phenoxy) is 2. The quantitative estimate of drug-likeness (QED) is 0.669. The summed E-state index contributed by atoms with van der Waals surface area (Å²) < 4.78 is 10.6. The molecule has 0 aromatic rings. The van der Waals surface area contributed by atoms with Gasteiger partial charge in [-0.25, -0.2) is 0 Å². The van der Waals surface area contributed by atoms with E-state index in [2.05, 4.69) is 23.9 Å². The fourth-order valence-corrected chi connectivity index (χ4v) is 2.64. The van der Waals surface area contributed by atoms with Crippen molar-refractivity contribution < 1.29 is 9.47 Å². The van der Waals surface area contributed by atoms with Gasteiger partial charge in [0.15, 0.2) is 6.29 Å². The lowest BCUT2D eigenvalue weighted by molar-refractivity contribution is -0.118. The summed E-state index contributed by atoms with van der Waals surface area (Å²) in [4.78, 5) is 4.79. The van der Waals surface area contributed by atoms with Gasteiger partial charge >= 0.3 is 0 Å². The van der Waals surface area contributed by atoms with Crippen LogP contribution in [0, 0.1) is 0 Å². The van der Waals surface area contributed by atoms with Crippen molar-refractivity contribution in [1.82, 2.24) is 9.80 Å². The number of methoxy groups -OCH3 is 2. The summed E-state index contributed by atoms with van der Waals surface area (Å²) >= 11 is 0. The van der Waals surface area contributed by atoms with Gasteiger partial charge in [0.05, 0.1) is 0 Å². The van der Waals surface area contributed by atoms with E-state index in [0.29, 0.717) is 18.6 Å². The molecule has 108 valence electrons. The van der Waals surface area contributed by atoms with Gasteiger partial charge in [-0.15, -0.1) is 0 Å². The molecule has 0 aromatic carbocycles. The predicted octanol–water partition coefficient (Wildman–Crippen LogP) is 0.349. The first-order valence-corrected chi connectivity index (χ1v) is 6.78. The number of hydrogen-bond donors (Lipinski definition) is 1. The summed E-state index contributed by atoms with van der Waals surface area (Å²) in [5.74, 6) is 0. The lowest BCUT2D eigenvalue weighted by Crippen LogP contribution is -2.52. The number of piperidine rings is 1. The Morgan fingerprint density at radius 2 is 2.00 bits per heavy atom. The molecule has 5 heteroatoms. The number of rotatable bonds is 7. The van der Waals surface area contributed by atoms with Crippen LogP contribution >= 0.6 is 0 Å². The highest BCUT2D eigenvalue weighted by atomic mass is 16.7. The molecular formula is C13H29N3O2. The average Bonchev–Trinajstić information content (AvgIpc) is 2.40. The third-order valence-electron chi connectivity index (χ3n) is 3.94. The van der Waals surface area contributed by atoms with Crippen LogP contribution in [0.4, 0.5) is 0 Å². The Labute approximate surface area is 111 Å². The summed E-state index contributed by atoms with van der Waals surface area (Å²) in [7, 11) is 7.67. The van der Waals surface area contributed by atoms with Crippen LogP contribution in [0.25, 0.3) is 0 Å². The molecule has 0 aromatic heterocycles. The first-order chi connectivity index (χ1) is 8.62.